The quantitative estimate of drug-likeness (QED) is 0.769. The fourth-order valence-electron chi connectivity index (χ4n) is 1.23. The number of rotatable bonds is 2. The number of aliphatic hydroxyl groups excluding tert-OH is 1. The van der Waals surface area contributed by atoms with Gasteiger partial charge >= 0.3 is 0 Å². The second-order valence-electron chi connectivity index (χ2n) is 2.84. The number of hydrogen-bond donors (Lipinski definition) is 1. The molecule has 1 unspecified atom stereocenters. The standard InChI is InChI=1S/C8H13ClN2O/c1-4-6(12)7-5(2)10-11(3)8(7)9/h6,12H,4H2,1-3H3. The van der Waals surface area contributed by atoms with Crippen molar-refractivity contribution in [3.63, 3.8) is 0 Å². The van der Waals surface area contributed by atoms with Crippen molar-refractivity contribution >= 4 is 11.6 Å². The van der Waals surface area contributed by atoms with E-state index in [4.69, 9.17) is 11.6 Å². The van der Waals surface area contributed by atoms with Crippen LogP contribution in [0.5, 0.6) is 0 Å². The Balaban J connectivity index is 3.13. The van der Waals surface area contributed by atoms with Crippen molar-refractivity contribution in [2.75, 3.05) is 0 Å². The van der Waals surface area contributed by atoms with Gasteiger partial charge in [0.15, 0.2) is 0 Å². The molecule has 12 heavy (non-hydrogen) atoms. The molecule has 0 bridgehead atoms. The monoisotopic (exact) mass is 188 g/mol. The summed E-state index contributed by atoms with van der Waals surface area (Å²) < 4.78 is 1.57. The van der Waals surface area contributed by atoms with Gasteiger partial charge in [-0.2, -0.15) is 5.10 Å². The highest BCUT2D eigenvalue weighted by Crippen LogP contribution is 2.27. The molecular formula is C8H13ClN2O. The van der Waals surface area contributed by atoms with E-state index in [1.54, 1.807) is 11.7 Å². The normalized spacial score (nSPS) is 13.4. The number of nitrogens with zero attached hydrogens (tertiary/aromatic N) is 2. The molecule has 0 fully saturated rings. The minimum atomic E-state index is -0.494. The summed E-state index contributed by atoms with van der Waals surface area (Å²) >= 11 is 5.93. The highest BCUT2D eigenvalue weighted by Gasteiger charge is 2.17. The van der Waals surface area contributed by atoms with Crippen molar-refractivity contribution in [1.29, 1.82) is 0 Å². The summed E-state index contributed by atoms with van der Waals surface area (Å²) in [5.74, 6) is 0. The van der Waals surface area contributed by atoms with Crippen molar-refractivity contribution in [2.45, 2.75) is 26.4 Å². The van der Waals surface area contributed by atoms with Gasteiger partial charge in [-0.1, -0.05) is 18.5 Å². The summed E-state index contributed by atoms with van der Waals surface area (Å²) in [4.78, 5) is 0. The van der Waals surface area contributed by atoms with Crippen molar-refractivity contribution in [1.82, 2.24) is 9.78 Å². The van der Waals surface area contributed by atoms with Crippen LogP contribution in [-0.2, 0) is 7.05 Å². The highest BCUT2D eigenvalue weighted by molar-refractivity contribution is 6.30. The number of aryl methyl sites for hydroxylation is 2. The second kappa shape index (κ2) is 3.46. The lowest BCUT2D eigenvalue weighted by molar-refractivity contribution is 0.173. The second-order valence-corrected chi connectivity index (χ2v) is 3.20. The van der Waals surface area contributed by atoms with Gasteiger partial charge in [0.05, 0.1) is 11.8 Å². The molecule has 1 atom stereocenters. The van der Waals surface area contributed by atoms with Crippen LogP contribution in [0.4, 0.5) is 0 Å². The van der Waals surface area contributed by atoms with Crippen LogP contribution in [0, 0.1) is 6.92 Å². The van der Waals surface area contributed by atoms with Gasteiger partial charge in [0.1, 0.15) is 5.15 Å². The fraction of sp³-hybridized carbons (Fsp3) is 0.625. The Morgan fingerprint density at radius 1 is 1.67 bits per heavy atom. The first kappa shape index (κ1) is 9.55. The minimum absolute atomic E-state index is 0.494. The molecule has 1 N–H and O–H groups in total. The Morgan fingerprint density at radius 3 is 2.58 bits per heavy atom. The number of halogens is 1. The highest BCUT2D eigenvalue weighted by atomic mass is 35.5. The van der Waals surface area contributed by atoms with E-state index in [1.165, 1.54) is 0 Å². The van der Waals surface area contributed by atoms with Crippen LogP contribution in [0.3, 0.4) is 0 Å². The lowest BCUT2D eigenvalue weighted by Gasteiger charge is -2.06. The molecule has 0 radical (unpaired) electrons. The van der Waals surface area contributed by atoms with E-state index in [0.29, 0.717) is 11.6 Å². The Morgan fingerprint density at radius 2 is 2.25 bits per heavy atom. The zero-order chi connectivity index (χ0) is 9.30. The van der Waals surface area contributed by atoms with Crippen molar-refractivity contribution in [3.8, 4) is 0 Å². The predicted molar refractivity (Wildman–Crippen MR) is 48.2 cm³/mol. The molecule has 0 saturated heterocycles. The van der Waals surface area contributed by atoms with Crippen LogP contribution in [0.25, 0.3) is 0 Å². The molecular weight excluding hydrogens is 176 g/mol. The molecule has 1 aromatic rings. The molecule has 0 saturated carbocycles. The summed E-state index contributed by atoms with van der Waals surface area (Å²) in [6.07, 6.45) is 0.165. The van der Waals surface area contributed by atoms with Crippen LogP contribution in [0.15, 0.2) is 0 Å². The molecule has 4 heteroatoms. The van der Waals surface area contributed by atoms with E-state index >= 15 is 0 Å². The number of aliphatic hydroxyl groups is 1. The fourth-order valence-corrected chi connectivity index (χ4v) is 1.53. The van der Waals surface area contributed by atoms with Crippen LogP contribution in [-0.4, -0.2) is 14.9 Å². The van der Waals surface area contributed by atoms with Crippen molar-refractivity contribution in [3.05, 3.63) is 16.4 Å². The third-order valence-electron chi connectivity index (χ3n) is 1.92. The van der Waals surface area contributed by atoms with Gasteiger partial charge < -0.3 is 5.11 Å². The molecule has 1 heterocycles. The van der Waals surface area contributed by atoms with Crippen molar-refractivity contribution in [2.24, 2.45) is 7.05 Å². The van der Waals surface area contributed by atoms with Gasteiger partial charge in [0.2, 0.25) is 0 Å². The van der Waals surface area contributed by atoms with Gasteiger partial charge in [-0.05, 0) is 13.3 Å². The lowest BCUT2D eigenvalue weighted by Crippen LogP contribution is -1.96. The molecule has 1 rings (SSSR count). The molecule has 0 aliphatic heterocycles. The van der Waals surface area contributed by atoms with E-state index in [9.17, 15) is 5.11 Å². The maximum Gasteiger partial charge on any atom is 0.132 e. The van der Waals surface area contributed by atoms with Gasteiger partial charge in [0, 0.05) is 12.6 Å². The lowest BCUT2D eigenvalue weighted by atomic mass is 10.1. The van der Waals surface area contributed by atoms with Gasteiger partial charge in [-0.15, -0.1) is 0 Å². The van der Waals surface area contributed by atoms with Crippen LogP contribution < -0.4 is 0 Å². The molecule has 0 spiro atoms. The summed E-state index contributed by atoms with van der Waals surface area (Å²) in [6.45, 7) is 3.76. The van der Waals surface area contributed by atoms with Crippen LogP contribution >= 0.6 is 11.6 Å². The largest absolute Gasteiger partial charge is 0.388 e. The van der Waals surface area contributed by atoms with E-state index in [-0.39, 0.29) is 0 Å². The molecule has 0 amide bonds. The smallest absolute Gasteiger partial charge is 0.132 e. The maximum atomic E-state index is 9.57. The molecule has 3 nitrogen and oxygen atoms in total. The molecule has 0 aliphatic carbocycles. The van der Waals surface area contributed by atoms with Gasteiger partial charge in [-0.3, -0.25) is 4.68 Å². The first-order chi connectivity index (χ1) is 5.57. The van der Waals surface area contributed by atoms with Gasteiger partial charge in [-0.25, -0.2) is 0 Å². The first-order valence-electron chi connectivity index (χ1n) is 3.95. The van der Waals surface area contributed by atoms with Crippen molar-refractivity contribution < 1.29 is 5.11 Å². The predicted octanol–water partition coefficient (Wildman–Crippen LogP) is 1.83. The molecule has 0 aromatic carbocycles. The average Bonchev–Trinajstić information content (AvgIpc) is 2.26. The van der Waals surface area contributed by atoms with Crippen LogP contribution in [0.1, 0.15) is 30.7 Å². The average molecular weight is 189 g/mol. The SMILES string of the molecule is CCC(O)c1c(C)nn(C)c1Cl. The van der Waals surface area contributed by atoms with E-state index in [0.717, 1.165) is 11.3 Å². The molecule has 1 aromatic heterocycles. The maximum absolute atomic E-state index is 9.57. The Kier molecular flexibility index (Phi) is 2.75. The topological polar surface area (TPSA) is 38.1 Å². The van der Waals surface area contributed by atoms with E-state index < -0.39 is 6.10 Å². The minimum Gasteiger partial charge on any atom is -0.388 e. The zero-order valence-electron chi connectivity index (χ0n) is 7.50. The number of aromatic nitrogens is 2. The summed E-state index contributed by atoms with van der Waals surface area (Å²) in [5.41, 5.74) is 1.55. The Labute approximate surface area is 77.0 Å². The zero-order valence-corrected chi connectivity index (χ0v) is 8.26. The molecule has 0 aliphatic rings. The Bertz CT molecular complexity index is 283. The third kappa shape index (κ3) is 1.47. The van der Waals surface area contributed by atoms with Crippen LogP contribution in [0.2, 0.25) is 5.15 Å². The van der Waals surface area contributed by atoms with E-state index in [2.05, 4.69) is 5.10 Å². The Hall–Kier alpha value is -0.540. The first-order valence-corrected chi connectivity index (χ1v) is 4.32. The summed E-state index contributed by atoms with van der Waals surface area (Å²) in [7, 11) is 1.77. The molecule has 68 valence electrons. The number of hydrogen-bond acceptors (Lipinski definition) is 2. The van der Waals surface area contributed by atoms with Gasteiger partial charge in [0.25, 0.3) is 0 Å². The van der Waals surface area contributed by atoms with E-state index in [1.807, 2.05) is 13.8 Å². The third-order valence-corrected chi connectivity index (χ3v) is 2.36. The summed E-state index contributed by atoms with van der Waals surface area (Å²) in [6, 6.07) is 0. The summed E-state index contributed by atoms with van der Waals surface area (Å²) in [5, 5.41) is 14.2.